The normalized spacial score (nSPS) is 13.0. The highest BCUT2D eigenvalue weighted by molar-refractivity contribution is 6.76. The van der Waals surface area contributed by atoms with Crippen molar-refractivity contribution in [1.82, 2.24) is 0 Å². The van der Waals surface area contributed by atoms with Crippen LogP contribution in [0.4, 0.5) is 17.1 Å². The van der Waals surface area contributed by atoms with E-state index in [0.29, 0.717) is 45.8 Å². The van der Waals surface area contributed by atoms with E-state index in [1.165, 1.54) is 0 Å². The maximum atomic E-state index is 12.5. The van der Waals surface area contributed by atoms with Crippen molar-refractivity contribution in [3.05, 3.63) is 40.9 Å². The Morgan fingerprint density at radius 2 is 1.71 bits per heavy atom. The average molecular weight is 421 g/mol. The van der Waals surface area contributed by atoms with Crippen molar-refractivity contribution >= 4 is 42.6 Å². The summed E-state index contributed by atoms with van der Waals surface area (Å²) in [5.41, 5.74) is 2.43. The second kappa shape index (κ2) is 8.42. The van der Waals surface area contributed by atoms with Crippen LogP contribution in [0.1, 0.15) is 10.4 Å². The molecule has 0 saturated carbocycles. The molecule has 0 atom stereocenters. The molecule has 0 aliphatic carbocycles. The van der Waals surface area contributed by atoms with Gasteiger partial charge in [-0.15, -0.1) is 0 Å². The summed E-state index contributed by atoms with van der Waals surface area (Å²) in [5.74, 6) is 0.823. The van der Waals surface area contributed by atoms with E-state index in [-0.39, 0.29) is 12.7 Å². The molecule has 28 heavy (non-hydrogen) atoms. The molecule has 150 valence electrons. The molecular weight excluding hydrogens is 396 g/mol. The van der Waals surface area contributed by atoms with Crippen LogP contribution >= 0.6 is 11.6 Å². The molecule has 1 aliphatic heterocycles. The fourth-order valence-corrected chi connectivity index (χ4v) is 3.66. The molecule has 0 spiro atoms. The molecule has 2 aromatic carbocycles. The largest absolute Gasteiger partial charge is 0.493 e. The zero-order chi connectivity index (χ0) is 20.3. The van der Waals surface area contributed by atoms with E-state index in [9.17, 15) is 4.79 Å². The lowest BCUT2D eigenvalue weighted by Crippen LogP contribution is -2.22. The van der Waals surface area contributed by atoms with Crippen molar-refractivity contribution in [2.24, 2.45) is 0 Å². The van der Waals surface area contributed by atoms with E-state index in [4.69, 9.17) is 25.8 Å². The quantitative estimate of drug-likeness (QED) is 0.359. The Balaban J connectivity index is 1.79. The Morgan fingerprint density at radius 1 is 1.00 bits per heavy atom. The Bertz CT molecular complexity index is 883. The number of anilines is 3. The number of ether oxygens (including phenoxy) is 3. The molecule has 1 heterocycles. The first-order valence-corrected chi connectivity index (χ1v) is 13.2. The Morgan fingerprint density at radius 3 is 2.43 bits per heavy atom. The van der Waals surface area contributed by atoms with Gasteiger partial charge in [-0.2, -0.15) is 0 Å². The minimum atomic E-state index is -1.14. The fourth-order valence-electron chi connectivity index (χ4n) is 2.73. The molecular formula is C20H25ClN2O4Si. The van der Waals surface area contributed by atoms with Gasteiger partial charge in [-0.25, -0.2) is 0 Å². The lowest BCUT2D eigenvalue weighted by molar-refractivity contribution is 0.0206. The van der Waals surface area contributed by atoms with E-state index < -0.39 is 8.07 Å². The van der Waals surface area contributed by atoms with Gasteiger partial charge in [0.2, 0.25) is 0 Å². The zero-order valence-corrected chi connectivity index (χ0v) is 18.3. The molecule has 0 bridgehead atoms. The highest BCUT2D eigenvalue weighted by Gasteiger charge is 2.22. The van der Waals surface area contributed by atoms with Crippen molar-refractivity contribution in [3.63, 3.8) is 0 Å². The summed E-state index contributed by atoms with van der Waals surface area (Å²) >= 11 is 6.08. The summed E-state index contributed by atoms with van der Waals surface area (Å²) in [4.78, 5) is 12.5. The third-order valence-electron chi connectivity index (χ3n) is 4.34. The molecule has 1 amide bonds. The number of fused-ring (bicyclic) bond motifs is 2. The topological polar surface area (TPSA) is 68.8 Å². The number of nitrogens with one attached hydrogen (secondary N) is 2. The van der Waals surface area contributed by atoms with Crippen molar-refractivity contribution in [3.8, 4) is 11.5 Å². The molecule has 0 saturated heterocycles. The minimum Gasteiger partial charge on any atom is -0.493 e. The molecule has 1 aliphatic rings. The minimum absolute atomic E-state index is 0.133. The summed E-state index contributed by atoms with van der Waals surface area (Å²) in [5, 5.41) is 6.68. The van der Waals surface area contributed by atoms with Crippen LogP contribution in [0.3, 0.4) is 0 Å². The standard InChI is InChI=1S/C20H25ClN2O4Si/c1-25-18-10-17-16(11-19(18)27-12-26-7-8-28(2,3)4)22-15-9-13(21)5-6-14(15)20(24)23-17/h5-6,9-11,22H,7-8,12H2,1-4H3,(H,23,24). The van der Waals surface area contributed by atoms with Gasteiger partial charge < -0.3 is 24.8 Å². The van der Waals surface area contributed by atoms with E-state index in [0.717, 1.165) is 6.04 Å². The predicted molar refractivity (Wildman–Crippen MR) is 115 cm³/mol. The number of halogens is 1. The smallest absolute Gasteiger partial charge is 0.257 e. The predicted octanol–water partition coefficient (Wildman–Crippen LogP) is 5.35. The summed E-state index contributed by atoms with van der Waals surface area (Å²) in [6, 6.07) is 9.67. The summed E-state index contributed by atoms with van der Waals surface area (Å²) in [6.45, 7) is 7.71. The van der Waals surface area contributed by atoms with Gasteiger partial charge in [-0.05, 0) is 24.2 Å². The lowest BCUT2D eigenvalue weighted by Gasteiger charge is -2.17. The van der Waals surface area contributed by atoms with Crippen molar-refractivity contribution < 1.29 is 19.0 Å². The maximum Gasteiger partial charge on any atom is 0.257 e. The summed E-state index contributed by atoms with van der Waals surface area (Å²) in [7, 11) is 0.416. The Kier molecular flexibility index (Phi) is 6.17. The second-order valence-electron chi connectivity index (χ2n) is 7.80. The van der Waals surface area contributed by atoms with Crippen molar-refractivity contribution in [2.45, 2.75) is 25.7 Å². The van der Waals surface area contributed by atoms with Crippen LogP contribution in [-0.2, 0) is 4.74 Å². The van der Waals surface area contributed by atoms with Crippen LogP contribution < -0.4 is 20.1 Å². The highest BCUT2D eigenvalue weighted by Crippen LogP contribution is 2.40. The number of rotatable bonds is 7. The number of hydrogen-bond acceptors (Lipinski definition) is 5. The first-order valence-electron chi connectivity index (χ1n) is 9.07. The van der Waals surface area contributed by atoms with Gasteiger partial charge in [-0.1, -0.05) is 31.2 Å². The Hall–Kier alpha value is -2.22. The third-order valence-corrected chi connectivity index (χ3v) is 6.28. The van der Waals surface area contributed by atoms with Crippen molar-refractivity contribution in [1.29, 1.82) is 0 Å². The van der Waals surface area contributed by atoms with Gasteiger partial charge in [0, 0.05) is 31.8 Å². The van der Waals surface area contributed by atoms with Gasteiger partial charge in [0.25, 0.3) is 5.91 Å². The molecule has 2 N–H and O–H groups in total. The number of carbonyl (C=O) groups is 1. The number of hydrogen-bond donors (Lipinski definition) is 2. The molecule has 0 fully saturated rings. The van der Waals surface area contributed by atoms with Gasteiger partial charge in [0.05, 0.1) is 29.7 Å². The first-order chi connectivity index (χ1) is 13.3. The van der Waals surface area contributed by atoms with E-state index in [1.54, 1.807) is 37.4 Å². The number of carbonyl (C=O) groups excluding carboxylic acids is 1. The van der Waals surface area contributed by atoms with E-state index in [1.807, 2.05) is 0 Å². The molecule has 0 aromatic heterocycles. The van der Waals surface area contributed by atoms with Crippen molar-refractivity contribution in [2.75, 3.05) is 31.1 Å². The molecule has 0 radical (unpaired) electrons. The molecule has 3 rings (SSSR count). The molecule has 8 heteroatoms. The average Bonchev–Trinajstić information content (AvgIpc) is 2.74. The van der Waals surface area contributed by atoms with Gasteiger partial charge in [0.15, 0.2) is 18.3 Å². The van der Waals surface area contributed by atoms with Crippen LogP contribution in [0, 0.1) is 0 Å². The summed E-state index contributed by atoms with van der Waals surface area (Å²) < 4.78 is 16.8. The van der Waals surface area contributed by atoms with Crippen LogP contribution in [0.15, 0.2) is 30.3 Å². The maximum absolute atomic E-state index is 12.5. The zero-order valence-electron chi connectivity index (χ0n) is 16.5. The second-order valence-corrected chi connectivity index (χ2v) is 13.9. The van der Waals surface area contributed by atoms with Crippen LogP contribution in [-0.4, -0.2) is 34.5 Å². The number of methoxy groups -OCH3 is 1. The molecule has 2 aromatic rings. The number of benzene rings is 2. The van der Waals surface area contributed by atoms with E-state index >= 15 is 0 Å². The SMILES string of the molecule is COc1cc2c(cc1OCOCC[Si](C)(C)C)Nc1cc(Cl)ccc1C(=O)N2. The van der Waals surface area contributed by atoms with Crippen LogP contribution in [0.5, 0.6) is 11.5 Å². The lowest BCUT2D eigenvalue weighted by atomic mass is 10.1. The third kappa shape index (κ3) is 4.98. The first kappa shape index (κ1) is 20.5. The monoisotopic (exact) mass is 420 g/mol. The highest BCUT2D eigenvalue weighted by atomic mass is 35.5. The molecule has 0 unspecified atom stereocenters. The Labute approximate surface area is 171 Å². The molecule has 6 nitrogen and oxygen atoms in total. The number of amides is 1. The van der Waals surface area contributed by atoms with Crippen LogP contribution in [0.25, 0.3) is 0 Å². The van der Waals surface area contributed by atoms with Gasteiger partial charge >= 0.3 is 0 Å². The van der Waals surface area contributed by atoms with E-state index in [2.05, 4.69) is 30.3 Å². The fraction of sp³-hybridized carbons (Fsp3) is 0.350. The van der Waals surface area contributed by atoms with Crippen LogP contribution in [0.2, 0.25) is 30.7 Å². The van der Waals surface area contributed by atoms with Gasteiger partial charge in [0.1, 0.15) is 0 Å². The van der Waals surface area contributed by atoms with Gasteiger partial charge in [-0.3, -0.25) is 4.79 Å². The summed E-state index contributed by atoms with van der Waals surface area (Å²) in [6.07, 6.45) is 0.